The van der Waals surface area contributed by atoms with Crippen LogP contribution < -0.4 is 5.32 Å². The molecule has 1 aliphatic rings. The molecule has 1 heterocycles. The Morgan fingerprint density at radius 2 is 2.11 bits per heavy atom. The Hall–Kier alpha value is -0.620. The maximum absolute atomic E-state index is 11.6. The van der Waals surface area contributed by atoms with Crippen molar-refractivity contribution in [2.75, 3.05) is 18.1 Å². The van der Waals surface area contributed by atoms with Gasteiger partial charge in [0.2, 0.25) is 5.91 Å². The van der Waals surface area contributed by atoms with E-state index in [1.54, 1.807) is 0 Å². The molecule has 0 aliphatic carbocycles. The zero-order chi connectivity index (χ0) is 13.8. The summed E-state index contributed by atoms with van der Waals surface area (Å²) in [6, 6.07) is 0. The Kier molecular flexibility index (Phi) is 5.59. The minimum absolute atomic E-state index is 0.0581. The summed E-state index contributed by atoms with van der Waals surface area (Å²) >= 11 is 0. The first kappa shape index (κ1) is 15.4. The van der Waals surface area contributed by atoms with Gasteiger partial charge in [0.05, 0.1) is 17.6 Å². The second-order valence-corrected chi connectivity index (χ2v) is 7.79. The smallest absolute Gasteiger partial charge is 0.220 e. The first-order chi connectivity index (χ1) is 8.28. The van der Waals surface area contributed by atoms with Crippen molar-refractivity contribution >= 4 is 15.7 Å². The fourth-order valence-electron chi connectivity index (χ4n) is 2.23. The van der Waals surface area contributed by atoms with E-state index in [1.165, 1.54) is 0 Å². The van der Waals surface area contributed by atoms with Crippen LogP contribution in [0.4, 0.5) is 0 Å². The largest absolute Gasteiger partial charge is 0.391 e. The Morgan fingerprint density at radius 3 is 2.61 bits per heavy atom. The Morgan fingerprint density at radius 1 is 1.44 bits per heavy atom. The molecule has 0 spiro atoms. The van der Waals surface area contributed by atoms with Gasteiger partial charge in [-0.3, -0.25) is 4.79 Å². The molecule has 1 amide bonds. The summed E-state index contributed by atoms with van der Waals surface area (Å²) in [5.41, 5.74) is 0. The molecule has 1 saturated heterocycles. The van der Waals surface area contributed by atoms with Crippen molar-refractivity contribution in [3.8, 4) is 0 Å². The number of rotatable bonds is 6. The average molecular weight is 277 g/mol. The summed E-state index contributed by atoms with van der Waals surface area (Å²) in [4.78, 5) is 11.6. The third-order valence-electron chi connectivity index (χ3n) is 3.08. The van der Waals surface area contributed by atoms with E-state index in [1.807, 2.05) is 13.8 Å². The molecular weight excluding hydrogens is 254 g/mol. The molecular formula is C12H23NO4S. The van der Waals surface area contributed by atoms with Crippen molar-refractivity contribution in [1.29, 1.82) is 0 Å². The van der Waals surface area contributed by atoms with Gasteiger partial charge in [-0.25, -0.2) is 8.42 Å². The quantitative estimate of drug-likeness (QED) is 0.733. The number of hydrogen-bond donors (Lipinski definition) is 2. The standard InChI is InChI=1S/C12H23NO4S/c1-9(2)5-11(14)7-13-12(15)6-10-3-4-18(16,17)8-10/h9-11,14H,3-8H2,1-2H3,(H,13,15). The van der Waals surface area contributed by atoms with E-state index in [0.29, 0.717) is 18.8 Å². The molecule has 1 rings (SSSR count). The van der Waals surface area contributed by atoms with Gasteiger partial charge in [-0.05, 0) is 24.7 Å². The van der Waals surface area contributed by atoms with Crippen molar-refractivity contribution in [3.05, 3.63) is 0 Å². The lowest BCUT2D eigenvalue weighted by molar-refractivity contribution is -0.122. The molecule has 0 aromatic rings. The maximum Gasteiger partial charge on any atom is 0.220 e. The lowest BCUT2D eigenvalue weighted by atomic mass is 10.0. The third kappa shape index (κ3) is 5.82. The van der Waals surface area contributed by atoms with Crippen molar-refractivity contribution in [1.82, 2.24) is 5.32 Å². The number of amides is 1. The monoisotopic (exact) mass is 277 g/mol. The van der Waals surface area contributed by atoms with E-state index in [0.717, 1.165) is 0 Å². The van der Waals surface area contributed by atoms with Crippen LogP contribution in [-0.4, -0.2) is 43.6 Å². The number of aliphatic hydroxyl groups excluding tert-OH is 1. The fraction of sp³-hybridized carbons (Fsp3) is 0.917. The van der Waals surface area contributed by atoms with Crippen molar-refractivity contribution < 1.29 is 18.3 Å². The predicted molar refractivity (Wildman–Crippen MR) is 69.8 cm³/mol. The van der Waals surface area contributed by atoms with Gasteiger partial charge in [0.15, 0.2) is 9.84 Å². The lowest BCUT2D eigenvalue weighted by Gasteiger charge is -2.14. The highest BCUT2D eigenvalue weighted by Crippen LogP contribution is 2.21. The van der Waals surface area contributed by atoms with Gasteiger partial charge in [0.25, 0.3) is 0 Å². The van der Waals surface area contributed by atoms with Crippen LogP contribution in [0.5, 0.6) is 0 Å². The zero-order valence-electron chi connectivity index (χ0n) is 11.1. The summed E-state index contributed by atoms with van der Waals surface area (Å²) in [7, 11) is -2.92. The topological polar surface area (TPSA) is 83.5 Å². The predicted octanol–water partition coefficient (Wildman–Crippen LogP) is 0.334. The van der Waals surface area contributed by atoms with Crippen molar-refractivity contribution in [2.24, 2.45) is 11.8 Å². The van der Waals surface area contributed by atoms with Crippen LogP contribution in [-0.2, 0) is 14.6 Å². The molecule has 0 aromatic carbocycles. The number of nitrogens with one attached hydrogen (secondary N) is 1. The molecule has 0 saturated carbocycles. The molecule has 0 radical (unpaired) electrons. The molecule has 0 bridgehead atoms. The fourth-order valence-corrected chi connectivity index (χ4v) is 4.09. The maximum atomic E-state index is 11.6. The van der Waals surface area contributed by atoms with E-state index < -0.39 is 15.9 Å². The molecule has 0 aromatic heterocycles. The molecule has 5 nitrogen and oxygen atoms in total. The van der Waals surface area contributed by atoms with E-state index in [4.69, 9.17) is 0 Å². The number of carbonyl (C=O) groups excluding carboxylic acids is 1. The Bertz CT molecular complexity index is 378. The molecule has 6 heteroatoms. The van der Waals surface area contributed by atoms with Gasteiger partial charge in [0.1, 0.15) is 0 Å². The van der Waals surface area contributed by atoms with Gasteiger partial charge in [-0.15, -0.1) is 0 Å². The number of aliphatic hydroxyl groups is 1. The van der Waals surface area contributed by atoms with Crippen LogP contribution >= 0.6 is 0 Å². The van der Waals surface area contributed by atoms with Crippen molar-refractivity contribution in [2.45, 2.75) is 39.2 Å². The van der Waals surface area contributed by atoms with Crippen LogP contribution in [0.1, 0.15) is 33.1 Å². The highest BCUT2D eigenvalue weighted by molar-refractivity contribution is 7.91. The summed E-state index contributed by atoms with van der Waals surface area (Å²) in [5.74, 6) is 0.476. The molecule has 1 fully saturated rings. The van der Waals surface area contributed by atoms with Gasteiger partial charge >= 0.3 is 0 Å². The van der Waals surface area contributed by atoms with Crippen LogP contribution in [0.25, 0.3) is 0 Å². The number of carbonyl (C=O) groups is 1. The van der Waals surface area contributed by atoms with E-state index >= 15 is 0 Å². The minimum Gasteiger partial charge on any atom is -0.391 e. The molecule has 1 aliphatic heterocycles. The van der Waals surface area contributed by atoms with Crippen LogP contribution in [0.15, 0.2) is 0 Å². The van der Waals surface area contributed by atoms with Gasteiger partial charge in [0, 0.05) is 13.0 Å². The summed E-state index contributed by atoms with van der Waals surface area (Å²) < 4.78 is 22.5. The van der Waals surface area contributed by atoms with E-state index in [2.05, 4.69) is 5.32 Å². The molecule has 2 unspecified atom stereocenters. The van der Waals surface area contributed by atoms with Gasteiger partial charge in [-0.2, -0.15) is 0 Å². The molecule has 2 N–H and O–H groups in total. The SMILES string of the molecule is CC(C)CC(O)CNC(=O)CC1CCS(=O)(=O)C1. The van der Waals surface area contributed by atoms with E-state index in [9.17, 15) is 18.3 Å². The Labute approximate surface area is 109 Å². The van der Waals surface area contributed by atoms with Gasteiger partial charge < -0.3 is 10.4 Å². The second kappa shape index (κ2) is 6.52. The average Bonchev–Trinajstić information content (AvgIpc) is 2.54. The molecule has 106 valence electrons. The second-order valence-electron chi connectivity index (χ2n) is 5.56. The molecule has 2 atom stereocenters. The van der Waals surface area contributed by atoms with Gasteiger partial charge in [-0.1, -0.05) is 13.8 Å². The van der Waals surface area contributed by atoms with Crippen LogP contribution in [0.3, 0.4) is 0 Å². The summed E-state index contributed by atoms with van der Waals surface area (Å²) in [6.45, 7) is 4.26. The molecule has 18 heavy (non-hydrogen) atoms. The first-order valence-electron chi connectivity index (χ1n) is 6.43. The van der Waals surface area contributed by atoms with Crippen LogP contribution in [0, 0.1) is 11.8 Å². The third-order valence-corrected chi connectivity index (χ3v) is 4.92. The number of hydrogen-bond acceptors (Lipinski definition) is 4. The summed E-state index contributed by atoms with van der Waals surface area (Å²) in [6.07, 6.45) is 0.942. The highest BCUT2D eigenvalue weighted by Gasteiger charge is 2.29. The normalized spacial score (nSPS) is 24.1. The van der Waals surface area contributed by atoms with E-state index in [-0.39, 0.29) is 36.3 Å². The minimum atomic E-state index is -2.92. The zero-order valence-corrected chi connectivity index (χ0v) is 11.9. The summed E-state index contributed by atoms with van der Waals surface area (Å²) in [5, 5.41) is 12.3. The lowest BCUT2D eigenvalue weighted by Crippen LogP contribution is -2.33. The highest BCUT2D eigenvalue weighted by atomic mass is 32.2. The number of sulfone groups is 1. The van der Waals surface area contributed by atoms with Crippen LogP contribution in [0.2, 0.25) is 0 Å². The van der Waals surface area contributed by atoms with Crippen molar-refractivity contribution in [3.63, 3.8) is 0 Å². The Balaban J connectivity index is 2.22. The first-order valence-corrected chi connectivity index (χ1v) is 8.26.